The largest absolute Gasteiger partial charge is 0.441 e. The van der Waals surface area contributed by atoms with Crippen molar-refractivity contribution in [1.29, 1.82) is 0 Å². The van der Waals surface area contributed by atoms with Gasteiger partial charge in [0.25, 0.3) is 0 Å². The standard InChI is InChI=1S/C13H12ClF3N4OS/c1-8(7-23-13(15,16)17)12(22)19-10-6-21(20-11(10)14)9-3-2-4-18-5-9/h2-6,8H,7H2,1H3,(H,19,22). The first-order valence-corrected chi connectivity index (χ1v) is 7.80. The van der Waals surface area contributed by atoms with Crippen LogP contribution in [0.2, 0.25) is 5.15 Å². The molecular weight excluding hydrogens is 353 g/mol. The molecule has 23 heavy (non-hydrogen) atoms. The van der Waals surface area contributed by atoms with E-state index in [1.807, 2.05) is 0 Å². The number of thioether (sulfide) groups is 1. The summed E-state index contributed by atoms with van der Waals surface area (Å²) < 4.78 is 37.9. The Hall–Kier alpha value is -1.74. The van der Waals surface area contributed by atoms with E-state index in [9.17, 15) is 18.0 Å². The number of aromatic nitrogens is 3. The molecule has 1 unspecified atom stereocenters. The topological polar surface area (TPSA) is 59.8 Å². The smallest absolute Gasteiger partial charge is 0.322 e. The molecule has 0 saturated heterocycles. The van der Waals surface area contributed by atoms with Crippen molar-refractivity contribution in [2.75, 3.05) is 11.1 Å². The zero-order valence-corrected chi connectivity index (χ0v) is 13.4. The lowest BCUT2D eigenvalue weighted by Crippen LogP contribution is -2.23. The summed E-state index contributed by atoms with van der Waals surface area (Å²) in [7, 11) is 0. The lowest BCUT2D eigenvalue weighted by molar-refractivity contribution is -0.118. The van der Waals surface area contributed by atoms with Crippen LogP contribution in [-0.4, -0.2) is 31.9 Å². The van der Waals surface area contributed by atoms with Crippen LogP contribution in [0.3, 0.4) is 0 Å². The molecule has 0 spiro atoms. The van der Waals surface area contributed by atoms with Gasteiger partial charge in [-0.2, -0.15) is 18.3 Å². The van der Waals surface area contributed by atoms with Gasteiger partial charge in [0.15, 0.2) is 5.15 Å². The minimum absolute atomic E-state index is 0.0397. The summed E-state index contributed by atoms with van der Waals surface area (Å²) in [6.45, 7) is 1.41. The third-order valence-electron chi connectivity index (χ3n) is 2.78. The van der Waals surface area contributed by atoms with E-state index in [1.54, 1.807) is 24.5 Å². The van der Waals surface area contributed by atoms with Crippen LogP contribution in [0.4, 0.5) is 18.9 Å². The van der Waals surface area contributed by atoms with Gasteiger partial charge in [0.05, 0.1) is 23.8 Å². The maximum atomic E-state index is 12.2. The van der Waals surface area contributed by atoms with Crippen molar-refractivity contribution in [2.24, 2.45) is 5.92 Å². The van der Waals surface area contributed by atoms with Gasteiger partial charge in [0.2, 0.25) is 5.91 Å². The van der Waals surface area contributed by atoms with Crippen molar-refractivity contribution in [3.05, 3.63) is 35.9 Å². The van der Waals surface area contributed by atoms with Crippen LogP contribution < -0.4 is 5.32 Å². The van der Waals surface area contributed by atoms with E-state index in [-0.39, 0.29) is 28.4 Å². The maximum Gasteiger partial charge on any atom is 0.441 e. The van der Waals surface area contributed by atoms with Crippen LogP contribution in [0, 0.1) is 5.92 Å². The zero-order valence-electron chi connectivity index (χ0n) is 11.8. The highest BCUT2D eigenvalue weighted by Crippen LogP contribution is 2.32. The molecule has 124 valence electrons. The molecule has 2 heterocycles. The molecule has 0 aromatic carbocycles. The minimum Gasteiger partial charge on any atom is -0.322 e. The Bertz CT molecular complexity index is 678. The van der Waals surface area contributed by atoms with Crippen LogP contribution in [0.1, 0.15) is 6.92 Å². The Morgan fingerprint density at radius 2 is 2.26 bits per heavy atom. The number of rotatable bonds is 5. The predicted molar refractivity (Wildman–Crippen MR) is 82.7 cm³/mol. The van der Waals surface area contributed by atoms with Gasteiger partial charge in [-0.1, -0.05) is 30.3 Å². The third-order valence-corrected chi connectivity index (χ3v) is 4.06. The quantitative estimate of drug-likeness (QED) is 0.877. The van der Waals surface area contributed by atoms with E-state index in [0.717, 1.165) is 0 Å². The summed E-state index contributed by atoms with van der Waals surface area (Å²) in [6, 6.07) is 3.45. The summed E-state index contributed by atoms with van der Waals surface area (Å²) >= 11 is 5.70. The molecule has 2 rings (SSSR count). The van der Waals surface area contributed by atoms with Gasteiger partial charge in [0, 0.05) is 17.9 Å². The van der Waals surface area contributed by atoms with Crippen molar-refractivity contribution in [1.82, 2.24) is 14.8 Å². The molecule has 0 radical (unpaired) electrons. The summed E-state index contributed by atoms with van der Waals surface area (Å²) in [6.07, 6.45) is 4.62. The predicted octanol–water partition coefficient (Wildman–Crippen LogP) is 3.75. The Kier molecular flexibility index (Phi) is 5.53. The van der Waals surface area contributed by atoms with Gasteiger partial charge in [-0.15, -0.1) is 0 Å². The van der Waals surface area contributed by atoms with E-state index in [2.05, 4.69) is 15.4 Å². The number of carbonyl (C=O) groups is 1. The molecule has 0 aliphatic carbocycles. The number of nitrogens with zero attached hydrogens (tertiary/aromatic N) is 3. The van der Waals surface area contributed by atoms with Crippen molar-refractivity contribution in [3.63, 3.8) is 0 Å². The summed E-state index contributed by atoms with van der Waals surface area (Å²) in [5, 5.41) is 6.54. The molecule has 1 amide bonds. The number of alkyl halides is 3. The fourth-order valence-corrected chi connectivity index (χ4v) is 2.38. The molecule has 5 nitrogen and oxygen atoms in total. The Labute approximate surface area is 139 Å². The van der Waals surface area contributed by atoms with Crippen molar-refractivity contribution < 1.29 is 18.0 Å². The number of carbonyl (C=O) groups excluding carboxylic acids is 1. The first kappa shape index (κ1) is 17.6. The highest BCUT2D eigenvalue weighted by molar-refractivity contribution is 8.00. The molecule has 10 heteroatoms. The number of anilines is 1. The fourth-order valence-electron chi connectivity index (χ4n) is 1.61. The molecule has 1 atom stereocenters. The van der Waals surface area contributed by atoms with Crippen molar-refractivity contribution in [2.45, 2.75) is 12.4 Å². The number of pyridine rings is 1. The van der Waals surface area contributed by atoms with Crippen LogP contribution in [0.5, 0.6) is 0 Å². The normalized spacial score (nSPS) is 12.9. The van der Waals surface area contributed by atoms with Crippen molar-refractivity contribution >= 4 is 35.0 Å². The lowest BCUT2D eigenvalue weighted by atomic mass is 10.2. The van der Waals surface area contributed by atoms with E-state index in [0.29, 0.717) is 5.69 Å². The van der Waals surface area contributed by atoms with Gasteiger partial charge < -0.3 is 5.32 Å². The van der Waals surface area contributed by atoms with Gasteiger partial charge in [-0.05, 0) is 12.1 Å². The van der Waals surface area contributed by atoms with Crippen molar-refractivity contribution in [3.8, 4) is 5.69 Å². The summed E-state index contributed by atoms with van der Waals surface area (Å²) in [5.41, 5.74) is -3.50. The van der Waals surface area contributed by atoms with Gasteiger partial charge in [-0.25, -0.2) is 4.68 Å². The van der Waals surface area contributed by atoms with Crippen LogP contribution >= 0.6 is 23.4 Å². The molecule has 0 saturated carbocycles. The molecular formula is C13H12ClF3N4OS. The van der Waals surface area contributed by atoms with E-state index < -0.39 is 17.3 Å². The average molecular weight is 365 g/mol. The second kappa shape index (κ2) is 7.22. The molecule has 0 bridgehead atoms. The van der Waals surface area contributed by atoms with Crippen LogP contribution in [-0.2, 0) is 4.79 Å². The number of nitrogens with one attached hydrogen (secondary N) is 1. The first-order valence-electron chi connectivity index (χ1n) is 6.43. The summed E-state index contributed by atoms with van der Waals surface area (Å²) in [4.78, 5) is 15.9. The number of halogens is 4. The highest BCUT2D eigenvalue weighted by Gasteiger charge is 2.30. The first-order chi connectivity index (χ1) is 10.8. The van der Waals surface area contributed by atoms with Gasteiger partial charge in [-0.3, -0.25) is 9.78 Å². The Morgan fingerprint density at radius 3 is 2.87 bits per heavy atom. The average Bonchev–Trinajstić information content (AvgIpc) is 2.86. The number of hydrogen-bond donors (Lipinski definition) is 1. The monoisotopic (exact) mass is 364 g/mol. The lowest BCUT2D eigenvalue weighted by Gasteiger charge is -2.12. The van der Waals surface area contributed by atoms with E-state index >= 15 is 0 Å². The summed E-state index contributed by atoms with van der Waals surface area (Å²) in [5.74, 6) is -1.77. The highest BCUT2D eigenvalue weighted by atomic mass is 35.5. The molecule has 0 aliphatic rings. The zero-order chi connectivity index (χ0) is 17.0. The second-order valence-electron chi connectivity index (χ2n) is 4.64. The maximum absolute atomic E-state index is 12.2. The molecule has 0 aliphatic heterocycles. The SMILES string of the molecule is CC(CSC(F)(F)F)C(=O)Nc1cn(-c2cccnc2)nc1Cl. The Balaban J connectivity index is 2.03. The molecule has 2 aromatic heterocycles. The molecule has 0 fully saturated rings. The van der Waals surface area contributed by atoms with Gasteiger partial charge >= 0.3 is 5.51 Å². The minimum atomic E-state index is -4.36. The third kappa shape index (κ3) is 5.14. The van der Waals surface area contributed by atoms with Crippen LogP contribution in [0.15, 0.2) is 30.7 Å². The Morgan fingerprint density at radius 1 is 1.52 bits per heavy atom. The van der Waals surface area contributed by atoms with Gasteiger partial charge in [0.1, 0.15) is 0 Å². The number of hydrogen-bond acceptors (Lipinski definition) is 4. The molecule has 2 aromatic rings. The van der Waals surface area contributed by atoms with Crippen LogP contribution in [0.25, 0.3) is 5.69 Å². The van der Waals surface area contributed by atoms with E-state index in [1.165, 1.54) is 17.8 Å². The number of amides is 1. The van der Waals surface area contributed by atoms with E-state index in [4.69, 9.17) is 11.6 Å². The fraction of sp³-hybridized carbons (Fsp3) is 0.308. The second-order valence-corrected chi connectivity index (χ2v) is 6.08. The molecule has 1 N–H and O–H groups in total.